The number of carbonyl (C=O) groups excluding carboxylic acids is 1. The molecular formula is C14H23N3O3S. The Morgan fingerprint density at radius 3 is 2.19 bits per heavy atom. The predicted molar refractivity (Wildman–Crippen MR) is 82.4 cm³/mol. The van der Waals surface area contributed by atoms with Crippen LogP contribution in [0, 0.1) is 5.41 Å². The van der Waals surface area contributed by atoms with E-state index in [9.17, 15) is 13.2 Å². The van der Waals surface area contributed by atoms with Crippen molar-refractivity contribution >= 4 is 16.1 Å². The predicted octanol–water partition coefficient (Wildman–Crippen LogP) is 1.22. The highest BCUT2D eigenvalue weighted by atomic mass is 32.2. The summed E-state index contributed by atoms with van der Waals surface area (Å²) in [5.74, 6) is 0. The summed E-state index contributed by atoms with van der Waals surface area (Å²) in [4.78, 5) is 11.6. The Labute approximate surface area is 126 Å². The minimum atomic E-state index is -3.65. The summed E-state index contributed by atoms with van der Waals surface area (Å²) < 4.78 is 22.2. The Hall–Kier alpha value is -1.60. The van der Waals surface area contributed by atoms with Gasteiger partial charge in [-0.15, -0.1) is 0 Å². The molecule has 118 valence electrons. The third-order valence-corrected chi connectivity index (χ3v) is 3.66. The van der Waals surface area contributed by atoms with E-state index in [4.69, 9.17) is 5.14 Å². The van der Waals surface area contributed by atoms with Crippen LogP contribution in [0.15, 0.2) is 29.2 Å². The molecule has 0 atom stereocenters. The first-order chi connectivity index (χ1) is 9.58. The van der Waals surface area contributed by atoms with E-state index in [1.807, 2.05) is 20.8 Å². The van der Waals surface area contributed by atoms with Gasteiger partial charge in [0, 0.05) is 13.1 Å². The second-order valence-corrected chi connectivity index (χ2v) is 7.67. The fourth-order valence-electron chi connectivity index (χ4n) is 1.57. The summed E-state index contributed by atoms with van der Waals surface area (Å²) in [6, 6.07) is 6.10. The van der Waals surface area contributed by atoms with E-state index >= 15 is 0 Å². The van der Waals surface area contributed by atoms with Crippen molar-refractivity contribution in [1.82, 2.24) is 10.6 Å². The van der Waals surface area contributed by atoms with Gasteiger partial charge in [-0.1, -0.05) is 32.9 Å². The number of amides is 2. The summed E-state index contributed by atoms with van der Waals surface area (Å²) in [5.41, 5.74) is 0.972. The molecule has 0 bridgehead atoms. The molecule has 6 nitrogen and oxygen atoms in total. The quantitative estimate of drug-likeness (QED) is 0.761. The van der Waals surface area contributed by atoms with E-state index in [1.54, 1.807) is 12.1 Å². The number of carbonyl (C=O) groups is 1. The Morgan fingerprint density at radius 1 is 1.14 bits per heavy atom. The lowest BCUT2D eigenvalue weighted by atomic mass is 9.97. The fourth-order valence-corrected chi connectivity index (χ4v) is 2.09. The first kappa shape index (κ1) is 17.5. The van der Waals surface area contributed by atoms with Crippen LogP contribution in [0.4, 0.5) is 4.79 Å². The highest BCUT2D eigenvalue weighted by molar-refractivity contribution is 7.89. The zero-order valence-corrected chi connectivity index (χ0v) is 13.5. The SMILES string of the molecule is CC(C)(C)CNC(=O)NCCc1ccc(S(N)(=O)=O)cc1. The molecule has 0 aliphatic carbocycles. The number of urea groups is 1. The minimum Gasteiger partial charge on any atom is -0.338 e. The van der Waals surface area contributed by atoms with Crippen molar-refractivity contribution < 1.29 is 13.2 Å². The number of nitrogens with one attached hydrogen (secondary N) is 2. The third-order valence-electron chi connectivity index (χ3n) is 2.73. The van der Waals surface area contributed by atoms with E-state index in [1.165, 1.54) is 12.1 Å². The highest BCUT2D eigenvalue weighted by Crippen LogP contribution is 2.10. The van der Waals surface area contributed by atoms with Gasteiger partial charge in [0.15, 0.2) is 0 Å². The Kier molecular flexibility index (Phi) is 5.74. The fraction of sp³-hybridized carbons (Fsp3) is 0.500. The molecule has 0 aliphatic rings. The number of primary sulfonamides is 1. The first-order valence-corrected chi connectivity index (χ1v) is 8.26. The lowest BCUT2D eigenvalue weighted by molar-refractivity contribution is 0.235. The standard InChI is InChI=1S/C14H23N3O3S/c1-14(2,3)10-17-13(18)16-9-8-11-4-6-12(7-5-11)21(15,19)20/h4-7H,8-10H2,1-3H3,(H2,15,19,20)(H2,16,17,18). The average Bonchev–Trinajstić information content (AvgIpc) is 2.35. The number of hydrogen-bond donors (Lipinski definition) is 3. The van der Waals surface area contributed by atoms with Gasteiger partial charge in [0.05, 0.1) is 4.90 Å². The summed E-state index contributed by atoms with van der Waals surface area (Å²) in [6.07, 6.45) is 0.619. The van der Waals surface area contributed by atoms with Crippen LogP contribution >= 0.6 is 0 Å². The number of rotatable bonds is 5. The normalized spacial score (nSPS) is 12.0. The number of benzene rings is 1. The smallest absolute Gasteiger partial charge is 0.314 e. The van der Waals surface area contributed by atoms with E-state index in [-0.39, 0.29) is 16.3 Å². The van der Waals surface area contributed by atoms with Gasteiger partial charge in [-0.3, -0.25) is 0 Å². The van der Waals surface area contributed by atoms with Crippen molar-refractivity contribution in [3.8, 4) is 0 Å². The molecule has 1 aromatic rings. The molecule has 1 rings (SSSR count). The highest BCUT2D eigenvalue weighted by Gasteiger charge is 2.11. The summed E-state index contributed by atoms with van der Waals surface area (Å²) in [7, 11) is -3.65. The molecule has 0 spiro atoms. The van der Waals surface area contributed by atoms with Gasteiger partial charge in [0.25, 0.3) is 0 Å². The maximum atomic E-state index is 11.5. The van der Waals surface area contributed by atoms with Crippen LogP contribution < -0.4 is 15.8 Å². The molecule has 0 unspecified atom stereocenters. The maximum Gasteiger partial charge on any atom is 0.314 e. The molecule has 0 fully saturated rings. The van der Waals surface area contributed by atoms with Crippen LogP contribution in [0.1, 0.15) is 26.3 Å². The van der Waals surface area contributed by atoms with Crippen LogP contribution in [0.3, 0.4) is 0 Å². The zero-order chi connectivity index (χ0) is 16.1. The van der Waals surface area contributed by atoms with Gasteiger partial charge in [-0.2, -0.15) is 0 Å². The number of nitrogens with two attached hydrogens (primary N) is 1. The molecular weight excluding hydrogens is 290 g/mol. The lowest BCUT2D eigenvalue weighted by Gasteiger charge is -2.18. The van der Waals surface area contributed by atoms with Crippen LogP contribution in [-0.2, 0) is 16.4 Å². The Morgan fingerprint density at radius 2 is 1.71 bits per heavy atom. The van der Waals surface area contributed by atoms with Crippen LogP contribution in [0.2, 0.25) is 0 Å². The van der Waals surface area contributed by atoms with Gasteiger partial charge in [-0.25, -0.2) is 18.4 Å². The summed E-state index contributed by atoms with van der Waals surface area (Å²) >= 11 is 0. The Bertz CT molecular complexity index is 574. The van der Waals surface area contributed by atoms with Crippen molar-refractivity contribution in [2.24, 2.45) is 10.6 Å². The van der Waals surface area contributed by atoms with E-state index in [2.05, 4.69) is 10.6 Å². The molecule has 21 heavy (non-hydrogen) atoms. The number of hydrogen-bond acceptors (Lipinski definition) is 3. The molecule has 4 N–H and O–H groups in total. The molecule has 0 aliphatic heterocycles. The van der Waals surface area contributed by atoms with Crippen molar-refractivity contribution in [1.29, 1.82) is 0 Å². The van der Waals surface area contributed by atoms with Crippen molar-refractivity contribution in [2.45, 2.75) is 32.1 Å². The van der Waals surface area contributed by atoms with Crippen LogP contribution in [-0.4, -0.2) is 27.5 Å². The van der Waals surface area contributed by atoms with Crippen LogP contribution in [0.25, 0.3) is 0 Å². The zero-order valence-electron chi connectivity index (χ0n) is 12.6. The second-order valence-electron chi connectivity index (χ2n) is 6.11. The van der Waals surface area contributed by atoms with Gasteiger partial charge < -0.3 is 10.6 Å². The topological polar surface area (TPSA) is 101 Å². The van der Waals surface area contributed by atoms with Crippen molar-refractivity contribution in [3.05, 3.63) is 29.8 Å². The van der Waals surface area contributed by atoms with Gasteiger partial charge in [0.1, 0.15) is 0 Å². The Balaban J connectivity index is 2.38. The van der Waals surface area contributed by atoms with E-state index < -0.39 is 10.0 Å². The monoisotopic (exact) mass is 313 g/mol. The summed E-state index contributed by atoms with van der Waals surface area (Å²) in [6.45, 7) is 7.20. The molecule has 0 aromatic heterocycles. The molecule has 0 heterocycles. The van der Waals surface area contributed by atoms with Crippen molar-refractivity contribution in [3.63, 3.8) is 0 Å². The van der Waals surface area contributed by atoms with Gasteiger partial charge in [-0.05, 0) is 29.5 Å². The van der Waals surface area contributed by atoms with Gasteiger partial charge in [0.2, 0.25) is 10.0 Å². The largest absolute Gasteiger partial charge is 0.338 e. The molecule has 1 aromatic carbocycles. The van der Waals surface area contributed by atoms with Crippen LogP contribution in [0.5, 0.6) is 0 Å². The van der Waals surface area contributed by atoms with Gasteiger partial charge >= 0.3 is 6.03 Å². The number of sulfonamides is 1. The molecule has 7 heteroatoms. The lowest BCUT2D eigenvalue weighted by Crippen LogP contribution is -2.40. The average molecular weight is 313 g/mol. The minimum absolute atomic E-state index is 0.0425. The molecule has 0 saturated carbocycles. The summed E-state index contributed by atoms with van der Waals surface area (Å²) in [5, 5.41) is 10.6. The second kappa shape index (κ2) is 6.91. The molecule has 0 saturated heterocycles. The van der Waals surface area contributed by atoms with E-state index in [0.29, 0.717) is 19.5 Å². The molecule has 0 radical (unpaired) electrons. The first-order valence-electron chi connectivity index (χ1n) is 6.71. The molecule has 2 amide bonds. The third kappa shape index (κ3) is 7.10. The van der Waals surface area contributed by atoms with Crippen molar-refractivity contribution in [2.75, 3.05) is 13.1 Å². The van der Waals surface area contributed by atoms with E-state index in [0.717, 1.165) is 5.56 Å². The maximum absolute atomic E-state index is 11.5.